The first-order valence-electron chi connectivity index (χ1n) is 11.3. The van der Waals surface area contributed by atoms with Gasteiger partial charge in [-0.05, 0) is 47.1 Å². The van der Waals surface area contributed by atoms with Gasteiger partial charge in [0.15, 0.2) is 0 Å². The minimum Gasteiger partial charge on any atom is -0.494 e. The van der Waals surface area contributed by atoms with Crippen LogP contribution in [0.1, 0.15) is 69.6 Å². The van der Waals surface area contributed by atoms with Gasteiger partial charge in [-0.15, -0.1) is 0 Å². The summed E-state index contributed by atoms with van der Waals surface area (Å²) in [5, 5.41) is 0. The highest BCUT2D eigenvalue weighted by Gasteiger charge is 2.23. The maximum absolute atomic E-state index is 12.5. The molecule has 170 valence electrons. The van der Waals surface area contributed by atoms with Crippen LogP contribution < -0.4 is 4.74 Å². The molecule has 0 aliphatic carbocycles. The average molecular weight is 427 g/mol. The summed E-state index contributed by atoms with van der Waals surface area (Å²) in [6.07, 6.45) is 3.73. The van der Waals surface area contributed by atoms with Crippen molar-refractivity contribution in [3.63, 3.8) is 0 Å². The largest absolute Gasteiger partial charge is 0.494 e. The zero-order valence-corrected chi connectivity index (χ0v) is 19.8. The fourth-order valence-corrected chi connectivity index (χ4v) is 3.35. The van der Waals surface area contributed by atoms with Crippen molar-refractivity contribution in [1.82, 2.24) is 0 Å². The Balaban J connectivity index is 1.94. The number of benzene rings is 2. The monoisotopic (exact) mass is 426 g/mol. The van der Waals surface area contributed by atoms with Gasteiger partial charge in [0, 0.05) is 19.6 Å². The summed E-state index contributed by atoms with van der Waals surface area (Å²) in [6, 6.07) is 16.3. The molecular formula is C27H38O4. The quantitative estimate of drug-likeness (QED) is 0.305. The maximum Gasteiger partial charge on any atom is 0.313 e. The van der Waals surface area contributed by atoms with E-state index in [1.54, 1.807) is 0 Å². The predicted molar refractivity (Wildman–Crippen MR) is 126 cm³/mol. The summed E-state index contributed by atoms with van der Waals surface area (Å²) in [5.74, 6) is 0.291. The molecule has 0 aromatic heterocycles. The fraction of sp³-hybridized carbons (Fsp3) is 0.519. The first-order chi connectivity index (χ1) is 14.8. The van der Waals surface area contributed by atoms with E-state index in [2.05, 4.69) is 39.8 Å². The molecule has 4 heteroatoms. The van der Waals surface area contributed by atoms with Crippen LogP contribution in [0.2, 0.25) is 0 Å². The van der Waals surface area contributed by atoms with E-state index in [0.29, 0.717) is 13.0 Å². The molecule has 0 aliphatic heterocycles. The van der Waals surface area contributed by atoms with Gasteiger partial charge >= 0.3 is 5.97 Å². The van der Waals surface area contributed by atoms with Crippen molar-refractivity contribution < 1.29 is 19.0 Å². The summed E-state index contributed by atoms with van der Waals surface area (Å²) in [5.41, 5.74) is 3.38. The number of hydrogen-bond donors (Lipinski definition) is 0. The molecule has 1 atom stereocenters. The Morgan fingerprint density at radius 1 is 0.903 bits per heavy atom. The summed E-state index contributed by atoms with van der Waals surface area (Å²) in [6.45, 7) is 10.9. The van der Waals surface area contributed by atoms with Gasteiger partial charge in [0.05, 0.1) is 19.6 Å². The van der Waals surface area contributed by atoms with Crippen LogP contribution in [-0.2, 0) is 26.1 Å². The molecule has 0 heterocycles. The number of carbonyl (C=O) groups is 1. The average Bonchev–Trinajstić information content (AvgIpc) is 2.77. The van der Waals surface area contributed by atoms with Gasteiger partial charge in [-0.1, -0.05) is 70.5 Å². The van der Waals surface area contributed by atoms with Crippen molar-refractivity contribution in [3.05, 3.63) is 65.2 Å². The molecule has 4 nitrogen and oxygen atoms in total. The second kappa shape index (κ2) is 12.5. The lowest BCUT2D eigenvalue weighted by atomic mass is 9.84. The zero-order chi connectivity index (χ0) is 22.7. The third-order valence-electron chi connectivity index (χ3n) is 5.37. The Bertz CT molecular complexity index is 772. The van der Waals surface area contributed by atoms with Gasteiger partial charge < -0.3 is 14.2 Å². The molecule has 0 aliphatic rings. The Kier molecular flexibility index (Phi) is 10.1. The topological polar surface area (TPSA) is 44.8 Å². The van der Waals surface area contributed by atoms with Crippen molar-refractivity contribution in [3.8, 4) is 5.75 Å². The molecule has 2 rings (SSSR count). The van der Waals surface area contributed by atoms with Gasteiger partial charge in [-0.3, -0.25) is 4.79 Å². The predicted octanol–water partition coefficient (Wildman–Crippen LogP) is 6.07. The molecule has 0 N–H and O–H groups in total. The molecule has 1 unspecified atom stereocenters. The van der Waals surface area contributed by atoms with Gasteiger partial charge in [0.1, 0.15) is 5.75 Å². The highest BCUT2D eigenvalue weighted by molar-refractivity contribution is 5.78. The number of esters is 1. The SMILES string of the molecule is CCCCOCCCOc1ccc(CC(C(=O)OC)c2ccc(C(C)(C)C)cc2)cc1. The Morgan fingerprint density at radius 3 is 2.13 bits per heavy atom. The van der Waals surface area contributed by atoms with Crippen LogP contribution in [0.3, 0.4) is 0 Å². The van der Waals surface area contributed by atoms with Crippen LogP contribution in [0.15, 0.2) is 48.5 Å². The normalized spacial score (nSPS) is 12.4. The van der Waals surface area contributed by atoms with Crippen molar-refractivity contribution in [2.24, 2.45) is 0 Å². The van der Waals surface area contributed by atoms with E-state index in [4.69, 9.17) is 14.2 Å². The van der Waals surface area contributed by atoms with Gasteiger partial charge in [-0.2, -0.15) is 0 Å². The molecule has 2 aromatic rings. The van der Waals surface area contributed by atoms with E-state index in [9.17, 15) is 4.79 Å². The maximum atomic E-state index is 12.5. The molecule has 0 radical (unpaired) electrons. The standard InChI is InChI=1S/C27H38O4/c1-6-7-17-30-18-8-19-31-24-15-9-21(10-16-24)20-25(26(28)29-5)22-11-13-23(14-12-22)27(2,3)4/h9-16,25H,6-8,17-20H2,1-5H3. The summed E-state index contributed by atoms with van der Waals surface area (Å²) >= 11 is 0. The minimum absolute atomic E-state index is 0.0801. The third-order valence-corrected chi connectivity index (χ3v) is 5.37. The Labute approximate surface area is 187 Å². The van der Waals surface area contributed by atoms with Gasteiger partial charge in [-0.25, -0.2) is 0 Å². The van der Waals surface area contributed by atoms with Crippen LogP contribution in [0, 0.1) is 0 Å². The molecule has 0 saturated heterocycles. The molecule has 0 bridgehead atoms. The highest BCUT2D eigenvalue weighted by Crippen LogP contribution is 2.27. The van der Waals surface area contributed by atoms with Crippen molar-refractivity contribution in [2.75, 3.05) is 26.9 Å². The van der Waals surface area contributed by atoms with E-state index >= 15 is 0 Å². The molecule has 0 saturated carbocycles. The number of unbranched alkanes of at least 4 members (excludes halogenated alkanes) is 1. The van der Waals surface area contributed by atoms with Crippen molar-refractivity contribution in [1.29, 1.82) is 0 Å². The number of rotatable bonds is 12. The second-order valence-electron chi connectivity index (χ2n) is 8.96. The smallest absolute Gasteiger partial charge is 0.313 e. The number of hydrogen-bond acceptors (Lipinski definition) is 4. The molecule has 2 aromatic carbocycles. The lowest BCUT2D eigenvalue weighted by Gasteiger charge is -2.21. The molecule has 0 spiro atoms. The Morgan fingerprint density at radius 2 is 1.55 bits per heavy atom. The van der Waals surface area contributed by atoms with Gasteiger partial charge in [0.25, 0.3) is 0 Å². The molecule has 0 fully saturated rings. The number of carbonyl (C=O) groups excluding carboxylic acids is 1. The van der Waals surface area contributed by atoms with Crippen LogP contribution in [0.25, 0.3) is 0 Å². The lowest BCUT2D eigenvalue weighted by Crippen LogP contribution is -2.17. The molecule has 0 amide bonds. The van der Waals surface area contributed by atoms with Gasteiger partial charge in [0.2, 0.25) is 0 Å². The van der Waals surface area contributed by atoms with E-state index in [1.807, 2.05) is 36.4 Å². The van der Waals surface area contributed by atoms with E-state index in [0.717, 1.165) is 49.4 Å². The van der Waals surface area contributed by atoms with E-state index in [1.165, 1.54) is 12.7 Å². The summed E-state index contributed by atoms with van der Waals surface area (Å²) in [7, 11) is 1.45. The first kappa shape index (κ1) is 24.9. The zero-order valence-electron chi connectivity index (χ0n) is 19.8. The first-order valence-corrected chi connectivity index (χ1v) is 11.3. The van der Waals surface area contributed by atoms with Crippen LogP contribution >= 0.6 is 0 Å². The molecule has 31 heavy (non-hydrogen) atoms. The van der Waals surface area contributed by atoms with E-state index in [-0.39, 0.29) is 17.3 Å². The van der Waals surface area contributed by atoms with Crippen molar-refractivity contribution in [2.45, 2.75) is 64.7 Å². The highest BCUT2D eigenvalue weighted by atomic mass is 16.5. The summed E-state index contributed by atoms with van der Waals surface area (Å²) in [4.78, 5) is 12.5. The second-order valence-corrected chi connectivity index (χ2v) is 8.96. The van der Waals surface area contributed by atoms with Crippen molar-refractivity contribution >= 4 is 5.97 Å². The minimum atomic E-state index is -0.328. The number of methoxy groups -OCH3 is 1. The summed E-state index contributed by atoms with van der Waals surface area (Å²) < 4.78 is 16.4. The lowest BCUT2D eigenvalue weighted by molar-refractivity contribution is -0.142. The fourth-order valence-electron chi connectivity index (χ4n) is 3.35. The van der Waals surface area contributed by atoms with Crippen LogP contribution in [0.4, 0.5) is 0 Å². The van der Waals surface area contributed by atoms with E-state index < -0.39 is 0 Å². The molecular weight excluding hydrogens is 388 g/mol. The van der Waals surface area contributed by atoms with Crippen LogP contribution in [-0.4, -0.2) is 32.9 Å². The van der Waals surface area contributed by atoms with Crippen LogP contribution in [0.5, 0.6) is 5.75 Å². The third kappa shape index (κ3) is 8.37. The number of ether oxygens (including phenoxy) is 3. The Hall–Kier alpha value is -2.33.